The molecule has 1 unspecified atom stereocenters. The number of unbranched alkanes of at least 4 members (excludes halogenated alkanes) is 6. The zero-order valence-corrected chi connectivity index (χ0v) is 14.9. The van der Waals surface area contributed by atoms with Crippen LogP contribution in [-0.4, -0.2) is 24.5 Å². The van der Waals surface area contributed by atoms with Crippen LogP contribution in [-0.2, 0) is 9.53 Å². The van der Waals surface area contributed by atoms with Crippen molar-refractivity contribution in [3.8, 4) is 0 Å². The lowest BCUT2D eigenvalue weighted by Gasteiger charge is -2.14. The summed E-state index contributed by atoms with van der Waals surface area (Å²) in [4.78, 5) is 23.7. The van der Waals surface area contributed by atoms with Gasteiger partial charge in [-0.1, -0.05) is 51.5 Å². The molecule has 0 heterocycles. The highest BCUT2D eigenvalue weighted by atomic mass is 19.1. The van der Waals surface area contributed by atoms with Gasteiger partial charge in [-0.2, -0.15) is 0 Å². The van der Waals surface area contributed by atoms with Gasteiger partial charge in [0.1, 0.15) is 23.2 Å². The minimum atomic E-state index is -0.976. The van der Waals surface area contributed by atoms with Crippen molar-refractivity contribution in [1.29, 1.82) is 0 Å². The van der Waals surface area contributed by atoms with Gasteiger partial charge in [-0.25, -0.2) is 13.6 Å². The maximum atomic E-state index is 13.5. The zero-order valence-electron chi connectivity index (χ0n) is 14.9. The number of amides is 1. The van der Waals surface area contributed by atoms with E-state index in [0.717, 1.165) is 31.4 Å². The predicted molar refractivity (Wildman–Crippen MR) is 92.2 cm³/mol. The Balaban J connectivity index is 2.29. The molecule has 140 valence electrons. The first kappa shape index (κ1) is 21.1. The fraction of sp³-hybridized carbons (Fsp3) is 0.579. The van der Waals surface area contributed by atoms with Gasteiger partial charge in [-0.05, 0) is 25.5 Å². The standard InChI is InChI=1S/C19H27F2NO3/c1-3-4-5-6-7-8-9-13-25-19(24)14(2)22-18(23)17-15(20)11-10-12-16(17)21/h10-12,14H,3-9,13H2,1-2H3,(H,22,23). The smallest absolute Gasteiger partial charge is 0.328 e. The number of hydrogen-bond acceptors (Lipinski definition) is 3. The Bertz CT molecular complexity index is 543. The second-order valence-corrected chi connectivity index (χ2v) is 6.08. The molecule has 0 saturated heterocycles. The maximum absolute atomic E-state index is 13.5. The second kappa shape index (κ2) is 11.6. The topological polar surface area (TPSA) is 55.4 Å². The number of rotatable bonds is 11. The van der Waals surface area contributed by atoms with Crippen LogP contribution in [0, 0.1) is 11.6 Å². The van der Waals surface area contributed by atoms with Crippen molar-refractivity contribution in [2.75, 3.05) is 6.61 Å². The van der Waals surface area contributed by atoms with E-state index in [-0.39, 0.29) is 6.61 Å². The summed E-state index contributed by atoms with van der Waals surface area (Å²) >= 11 is 0. The minimum absolute atomic E-state index is 0.279. The van der Waals surface area contributed by atoms with Gasteiger partial charge >= 0.3 is 5.97 Å². The van der Waals surface area contributed by atoms with Crippen molar-refractivity contribution in [2.24, 2.45) is 0 Å². The van der Waals surface area contributed by atoms with Gasteiger partial charge in [0.25, 0.3) is 5.91 Å². The molecule has 4 nitrogen and oxygen atoms in total. The maximum Gasteiger partial charge on any atom is 0.328 e. The highest BCUT2D eigenvalue weighted by Crippen LogP contribution is 2.12. The van der Waals surface area contributed by atoms with E-state index in [1.54, 1.807) is 0 Å². The Kier molecular flexibility index (Phi) is 9.73. The molecule has 0 aromatic heterocycles. The van der Waals surface area contributed by atoms with E-state index >= 15 is 0 Å². The molecule has 0 radical (unpaired) electrons. The van der Waals surface area contributed by atoms with Crippen LogP contribution in [0.4, 0.5) is 8.78 Å². The van der Waals surface area contributed by atoms with E-state index in [4.69, 9.17) is 4.74 Å². The van der Waals surface area contributed by atoms with E-state index in [0.29, 0.717) is 0 Å². The molecule has 1 rings (SSSR count). The fourth-order valence-corrected chi connectivity index (χ4v) is 2.40. The van der Waals surface area contributed by atoms with Crippen LogP contribution < -0.4 is 5.32 Å². The van der Waals surface area contributed by atoms with E-state index in [2.05, 4.69) is 12.2 Å². The lowest BCUT2D eigenvalue weighted by Crippen LogP contribution is -2.40. The number of nitrogens with one attached hydrogen (secondary N) is 1. The molecule has 25 heavy (non-hydrogen) atoms. The van der Waals surface area contributed by atoms with Crippen molar-refractivity contribution in [3.63, 3.8) is 0 Å². The molecule has 6 heteroatoms. The number of halogens is 2. The summed E-state index contributed by atoms with van der Waals surface area (Å²) in [6.45, 7) is 3.87. The Labute approximate surface area is 147 Å². The zero-order chi connectivity index (χ0) is 18.7. The van der Waals surface area contributed by atoms with Crippen molar-refractivity contribution in [1.82, 2.24) is 5.32 Å². The van der Waals surface area contributed by atoms with E-state index in [9.17, 15) is 18.4 Å². The average Bonchev–Trinajstić information content (AvgIpc) is 2.56. The normalized spacial score (nSPS) is 11.8. The third kappa shape index (κ3) is 7.63. The fourth-order valence-electron chi connectivity index (χ4n) is 2.40. The van der Waals surface area contributed by atoms with Crippen molar-refractivity contribution in [2.45, 2.75) is 64.8 Å². The molecule has 0 aliphatic rings. The van der Waals surface area contributed by atoms with Gasteiger partial charge in [-0.3, -0.25) is 4.79 Å². The third-order valence-electron chi connectivity index (χ3n) is 3.88. The van der Waals surface area contributed by atoms with Crippen LogP contribution in [0.25, 0.3) is 0 Å². The van der Waals surface area contributed by atoms with Crippen LogP contribution in [0.2, 0.25) is 0 Å². The van der Waals surface area contributed by atoms with Crippen LogP contribution >= 0.6 is 0 Å². The van der Waals surface area contributed by atoms with Gasteiger partial charge in [0, 0.05) is 0 Å². The van der Waals surface area contributed by atoms with Crippen molar-refractivity contribution < 1.29 is 23.1 Å². The highest BCUT2D eigenvalue weighted by molar-refractivity contribution is 5.97. The molecule has 1 aromatic carbocycles. The van der Waals surface area contributed by atoms with Crippen molar-refractivity contribution in [3.05, 3.63) is 35.4 Å². The summed E-state index contributed by atoms with van der Waals surface area (Å²) < 4.78 is 32.2. The number of carbonyl (C=O) groups excluding carboxylic acids is 2. The van der Waals surface area contributed by atoms with Gasteiger partial charge < -0.3 is 10.1 Å². The summed E-state index contributed by atoms with van der Waals surface area (Å²) in [5.74, 6) is -3.53. The molecule has 1 aromatic rings. The summed E-state index contributed by atoms with van der Waals surface area (Å²) in [5.41, 5.74) is -0.700. The number of carbonyl (C=O) groups is 2. The number of benzene rings is 1. The Morgan fingerprint density at radius 1 is 1.04 bits per heavy atom. The third-order valence-corrected chi connectivity index (χ3v) is 3.88. The summed E-state index contributed by atoms with van der Waals surface area (Å²) in [7, 11) is 0. The molecule has 1 atom stereocenters. The molecular formula is C19H27F2NO3. The second-order valence-electron chi connectivity index (χ2n) is 6.08. The Morgan fingerprint density at radius 3 is 2.20 bits per heavy atom. The molecule has 0 fully saturated rings. The highest BCUT2D eigenvalue weighted by Gasteiger charge is 2.22. The van der Waals surface area contributed by atoms with Crippen LogP contribution in [0.15, 0.2) is 18.2 Å². The lowest BCUT2D eigenvalue weighted by atomic mass is 10.1. The summed E-state index contributed by atoms with van der Waals surface area (Å²) in [6, 6.07) is 2.17. The van der Waals surface area contributed by atoms with Crippen LogP contribution in [0.3, 0.4) is 0 Å². The number of hydrogen-bond donors (Lipinski definition) is 1. The molecule has 0 spiro atoms. The quantitative estimate of drug-likeness (QED) is 0.473. The van der Waals surface area contributed by atoms with Crippen LogP contribution in [0.1, 0.15) is 69.2 Å². The van der Waals surface area contributed by atoms with Gasteiger partial charge in [0.15, 0.2) is 0 Å². The Hall–Kier alpha value is -1.98. The first-order valence-corrected chi connectivity index (χ1v) is 8.88. The Morgan fingerprint density at radius 2 is 1.60 bits per heavy atom. The largest absolute Gasteiger partial charge is 0.464 e. The van der Waals surface area contributed by atoms with E-state index in [1.807, 2.05) is 0 Å². The van der Waals surface area contributed by atoms with E-state index < -0.39 is 35.1 Å². The molecule has 0 aliphatic carbocycles. The molecule has 0 bridgehead atoms. The van der Waals surface area contributed by atoms with Crippen molar-refractivity contribution >= 4 is 11.9 Å². The van der Waals surface area contributed by atoms with Gasteiger partial charge in [0.2, 0.25) is 0 Å². The monoisotopic (exact) mass is 355 g/mol. The molecule has 1 amide bonds. The number of esters is 1. The predicted octanol–water partition coefficient (Wildman–Crippen LogP) is 4.38. The minimum Gasteiger partial charge on any atom is -0.464 e. The molecule has 1 N–H and O–H groups in total. The summed E-state index contributed by atoms with van der Waals surface area (Å²) in [6.07, 6.45) is 7.72. The first-order valence-electron chi connectivity index (χ1n) is 8.88. The molecule has 0 aliphatic heterocycles. The van der Waals surface area contributed by atoms with Gasteiger partial charge in [0.05, 0.1) is 6.61 Å². The SMILES string of the molecule is CCCCCCCCCOC(=O)C(C)NC(=O)c1c(F)cccc1F. The van der Waals surface area contributed by atoms with E-state index in [1.165, 1.54) is 38.7 Å². The molecule has 0 saturated carbocycles. The lowest BCUT2D eigenvalue weighted by molar-refractivity contribution is -0.145. The number of ether oxygens (including phenoxy) is 1. The average molecular weight is 355 g/mol. The first-order chi connectivity index (χ1) is 12.0. The summed E-state index contributed by atoms with van der Waals surface area (Å²) in [5, 5.41) is 2.26. The van der Waals surface area contributed by atoms with Crippen LogP contribution in [0.5, 0.6) is 0 Å². The van der Waals surface area contributed by atoms with Gasteiger partial charge in [-0.15, -0.1) is 0 Å². The molecular weight excluding hydrogens is 328 g/mol.